The molecule has 1 nitrogen and oxygen atoms in total. The fourth-order valence-corrected chi connectivity index (χ4v) is 6.13. The largest absolute Gasteiger partial charge is 0.253 e. The van der Waals surface area contributed by atoms with Gasteiger partial charge in [-0.2, -0.15) is 8.78 Å². The van der Waals surface area contributed by atoms with Gasteiger partial charge in [0.2, 0.25) is 52.2 Å². The van der Waals surface area contributed by atoms with E-state index in [0.717, 1.165) is 13.8 Å². The van der Waals surface area contributed by atoms with Crippen molar-refractivity contribution >= 4 is 11.4 Å². The van der Waals surface area contributed by atoms with E-state index in [1.807, 2.05) is 0 Å². The van der Waals surface area contributed by atoms with Gasteiger partial charge in [-0.25, -0.2) is 79.0 Å². The normalized spacial score (nSPS) is 12.0. The summed E-state index contributed by atoms with van der Waals surface area (Å²) >= 11 is 0. The van der Waals surface area contributed by atoms with E-state index >= 15 is 35.1 Å². The first-order chi connectivity index (χ1) is 25.6. The van der Waals surface area contributed by atoms with Gasteiger partial charge in [0.05, 0.1) is 35.3 Å². The Morgan fingerprint density at radius 2 is 0.545 bits per heavy atom. The van der Waals surface area contributed by atoms with Gasteiger partial charge in [0.1, 0.15) is 5.69 Å². The zero-order valence-corrected chi connectivity index (χ0v) is 26.6. The number of halogens is 20. The van der Waals surface area contributed by atoms with Crippen molar-refractivity contribution in [1.29, 1.82) is 0 Å². The molecule has 5 aromatic carbocycles. The molecule has 0 heterocycles. The summed E-state index contributed by atoms with van der Waals surface area (Å²) < 4.78 is 297. The minimum atomic E-state index is -3.10. The topological polar surface area (TPSA) is 0 Å². The Morgan fingerprint density at radius 3 is 0.855 bits per heavy atom. The second-order valence-corrected chi connectivity index (χ2v) is 11.2. The Bertz CT molecular complexity index is 2360. The molecule has 0 saturated heterocycles. The van der Waals surface area contributed by atoms with Gasteiger partial charge in [-0.05, 0) is 25.5 Å². The molecular formula is C34H12F20N+. The SMILES string of the molecule is CC[N+](CC)(c1ccc(-c2c(F)c(F)c(F)c(F)c2F)c(-c2c(F)c(F)c(F)c(F)c2F)c1-c1c(F)c(F)c(F)c(F)c1F)c1c(F)c(F)c(F)c(F)c1F. The number of hydrogen-bond donors (Lipinski definition) is 0. The van der Waals surface area contributed by atoms with E-state index in [1.165, 1.54) is 0 Å². The molecule has 0 aliphatic heterocycles. The van der Waals surface area contributed by atoms with Crippen molar-refractivity contribution in [1.82, 2.24) is 4.48 Å². The minimum absolute atomic E-state index is 0.0430. The van der Waals surface area contributed by atoms with Crippen LogP contribution in [0.5, 0.6) is 0 Å². The maximum Gasteiger partial charge on any atom is 0.226 e. The molecule has 0 spiro atoms. The van der Waals surface area contributed by atoms with Crippen LogP contribution in [-0.4, -0.2) is 13.1 Å². The van der Waals surface area contributed by atoms with Gasteiger partial charge in [0.15, 0.2) is 69.8 Å². The van der Waals surface area contributed by atoms with Crippen LogP contribution in [-0.2, 0) is 0 Å². The summed E-state index contributed by atoms with van der Waals surface area (Å²) in [7, 11) is 0. The van der Waals surface area contributed by atoms with Crippen LogP contribution in [0.3, 0.4) is 0 Å². The maximum absolute atomic E-state index is 15.8. The lowest BCUT2D eigenvalue weighted by Gasteiger charge is -2.38. The summed E-state index contributed by atoms with van der Waals surface area (Å²) in [6, 6.07) is -0.0394. The molecule has 0 amide bonds. The van der Waals surface area contributed by atoms with Crippen molar-refractivity contribution in [2.75, 3.05) is 13.1 Å². The fraction of sp³-hybridized carbons (Fsp3) is 0.118. The highest BCUT2D eigenvalue weighted by molar-refractivity contribution is 6.01. The van der Waals surface area contributed by atoms with E-state index < -0.39 is 179 Å². The van der Waals surface area contributed by atoms with Gasteiger partial charge >= 0.3 is 0 Å². The quantitative estimate of drug-likeness (QED) is 0.0665. The van der Waals surface area contributed by atoms with Crippen LogP contribution in [0.4, 0.5) is 99.2 Å². The second kappa shape index (κ2) is 14.1. The highest BCUT2D eigenvalue weighted by Gasteiger charge is 2.46. The second-order valence-electron chi connectivity index (χ2n) is 11.2. The predicted molar refractivity (Wildman–Crippen MR) is 151 cm³/mol. The van der Waals surface area contributed by atoms with Crippen LogP contribution in [0, 0.1) is 116 Å². The summed E-state index contributed by atoms with van der Waals surface area (Å²) in [5.74, 6) is -59.3. The van der Waals surface area contributed by atoms with Crippen LogP contribution in [0.15, 0.2) is 12.1 Å². The molecule has 0 aromatic heterocycles. The number of nitrogens with zero attached hydrogens (tertiary/aromatic N) is 1. The number of quaternary nitrogens is 1. The molecule has 0 saturated carbocycles. The molecule has 0 aliphatic carbocycles. The van der Waals surface area contributed by atoms with E-state index in [0.29, 0.717) is 0 Å². The highest BCUT2D eigenvalue weighted by atomic mass is 19.2. The third-order valence-electron chi connectivity index (χ3n) is 8.74. The smallest absolute Gasteiger partial charge is 0.226 e. The van der Waals surface area contributed by atoms with Crippen molar-refractivity contribution in [2.45, 2.75) is 13.8 Å². The van der Waals surface area contributed by atoms with Gasteiger partial charge in [-0.1, -0.05) is 0 Å². The first-order valence-corrected chi connectivity index (χ1v) is 14.7. The van der Waals surface area contributed by atoms with Crippen molar-refractivity contribution in [3.63, 3.8) is 0 Å². The van der Waals surface area contributed by atoms with Crippen molar-refractivity contribution in [3.05, 3.63) is 128 Å². The third kappa shape index (κ3) is 5.59. The van der Waals surface area contributed by atoms with Gasteiger partial charge < -0.3 is 0 Å². The standard InChI is InChI=1S/C34H12F20N/c1-3-55(4-2,34-32(53)30(51)29(50)31(52)33(34)54)8-6-5-7(10-14(35)20(41)26(47)21(42)15(10)36)9(12-16(37)22(43)27(48)23(44)17(12)38)11(8)13-18(39)24(45)28(49)25(46)19(13)40/h5-6H,3-4H2,1-2H3/q+1. The monoisotopic (exact) mass is 814 g/mol. The lowest BCUT2D eigenvalue weighted by Crippen LogP contribution is -2.46. The van der Waals surface area contributed by atoms with E-state index in [9.17, 15) is 52.7 Å². The molecule has 55 heavy (non-hydrogen) atoms. The van der Waals surface area contributed by atoms with Gasteiger partial charge in [0.25, 0.3) is 0 Å². The van der Waals surface area contributed by atoms with Crippen LogP contribution >= 0.6 is 0 Å². The average molecular weight is 814 g/mol. The van der Waals surface area contributed by atoms with E-state index in [4.69, 9.17) is 0 Å². The van der Waals surface area contributed by atoms with E-state index in [-0.39, 0.29) is 12.1 Å². The molecule has 0 atom stereocenters. The summed E-state index contributed by atoms with van der Waals surface area (Å²) in [6.45, 7) is -0.842. The lowest BCUT2D eigenvalue weighted by molar-refractivity contribution is 0.334. The third-order valence-corrected chi connectivity index (χ3v) is 8.74. The first-order valence-electron chi connectivity index (χ1n) is 14.7. The molecule has 5 aromatic rings. The van der Waals surface area contributed by atoms with Gasteiger partial charge in [-0.15, -0.1) is 0 Å². The zero-order chi connectivity index (χ0) is 41.5. The molecule has 0 N–H and O–H groups in total. The molecule has 0 unspecified atom stereocenters. The fourth-order valence-electron chi connectivity index (χ4n) is 6.13. The molecular weight excluding hydrogens is 802 g/mol. The predicted octanol–water partition coefficient (Wildman–Crippen LogP) is 12.1. The Hall–Kier alpha value is -5.34. The number of rotatable bonds is 7. The van der Waals surface area contributed by atoms with Crippen LogP contribution < -0.4 is 4.48 Å². The molecule has 0 bridgehead atoms. The summed E-state index contributed by atoms with van der Waals surface area (Å²) in [5, 5.41) is 0. The molecule has 0 fully saturated rings. The van der Waals surface area contributed by atoms with Crippen LogP contribution in [0.1, 0.15) is 13.8 Å². The Balaban J connectivity index is 2.29. The number of hydrogen-bond acceptors (Lipinski definition) is 0. The summed E-state index contributed by atoms with van der Waals surface area (Å²) in [4.78, 5) is 0. The van der Waals surface area contributed by atoms with Gasteiger partial charge in [0, 0.05) is 11.6 Å². The lowest BCUT2D eigenvalue weighted by atomic mass is 9.83. The average Bonchev–Trinajstić information content (AvgIpc) is 3.17. The van der Waals surface area contributed by atoms with Crippen molar-refractivity contribution in [2.24, 2.45) is 0 Å². The first kappa shape index (κ1) is 40.8. The van der Waals surface area contributed by atoms with E-state index in [2.05, 4.69) is 0 Å². The molecule has 292 valence electrons. The zero-order valence-electron chi connectivity index (χ0n) is 26.6. The van der Waals surface area contributed by atoms with Crippen LogP contribution in [0.25, 0.3) is 33.4 Å². The number of benzene rings is 5. The molecule has 21 heteroatoms. The Labute approximate surface area is 292 Å². The summed E-state index contributed by atoms with van der Waals surface area (Å²) in [6.07, 6.45) is 0. The van der Waals surface area contributed by atoms with E-state index in [1.54, 1.807) is 0 Å². The highest BCUT2D eigenvalue weighted by Crippen LogP contribution is 2.54. The summed E-state index contributed by atoms with van der Waals surface area (Å²) in [5.41, 5.74) is -18.0. The molecule has 0 radical (unpaired) electrons. The van der Waals surface area contributed by atoms with Gasteiger partial charge in [-0.3, -0.25) is 4.48 Å². The maximum atomic E-state index is 15.8. The van der Waals surface area contributed by atoms with Crippen molar-refractivity contribution in [3.8, 4) is 33.4 Å². The minimum Gasteiger partial charge on any atom is -0.253 e. The van der Waals surface area contributed by atoms with Crippen molar-refractivity contribution < 1.29 is 87.8 Å². The Kier molecular flexibility index (Phi) is 10.4. The Morgan fingerprint density at radius 1 is 0.291 bits per heavy atom. The molecule has 0 aliphatic rings. The molecule has 5 rings (SSSR count). The van der Waals surface area contributed by atoms with Crippen LogP contribution in [0.2, 0.25) is 0 Å².